The zero-order valence-electron chi connectivity index (χ0n) is 9.27. The molecule has 3 nitrogen and oxygen atoms in total. The topological polar surface area (TPSA) is 48.1 Å². The number of halogens is 1. The third-order valence-electron chi connectivity index (χ3n) is 2.29. The summed E-state index contributed by atoms with van der Waals surface area (Å²) in [4.78, 5) is 4.10. The summed E-state index contributed by atoms with van der Waals surface area (Å²) < 4.78 is 5.61. The molecule has 0 atom stereocenters. The maximum Gasteiger partial charge on any atom is 0.121 e. The van der Waals surface area contributed by atoms with Crippen molar-refractivity contribution >= 4 is 11.6 Å². The van der Waals surface area contributed by atoms with Gasteiger partial charge in [0, 0.05) is 29.5 Å². The van der Waals surface area contributed by atoms with Crippen molar-refractivity contribution in [3.05, 3.63) is 58.9 Å². The van der Waals surface area contributed by atoms with Crippen LogP contribution < -0.4 is 10.5 Å². The van der Waals surface area contributed by atoms with E-state index >= 15 is 0 Å². The van der Waals surface area contributed by atoms with Crippen molar-refractivity contribution in [2.75, 3.05) is 0 Å². The smallest absolute Gasteiger partial charge is 0.121 e. The Bertz CT molecular complexity index is 502. The molecule has 2 rings (SSSR count). The van der Waals surface area contributed by atoms with Crippen molar-refractivity contribution in [2.45, 2.75) is 13.2 Å². The lowest BCUT2D eigenvalue weighted by molar-refractivity contribution is 0.305. The molecule has 0 saturated carbocycles. The van der Waals surface area contributed by atoms with Crippen LogP contribution in [0.5, 0.6) is 5.75 Å². The number of pyridine rings is 1. The first-order chi connectivity index (χ1) is 8.28. The third-order valence-corrected chi connectivity index (χ3v) is 2.52. The number of rotatable bonds is 4. The fourth-order valence-electron chi connectivity index (χ4n) is 1.46. The standard InChI is InChI=1S/C13H13ClN2O/c14-12-2-1-3-13(5-12)17-9-11-4-10(6-15)7-16-8-11/h1-5,7-8H,6,9,15H2. The molecule has 0 aliphatic carbocycles. The van der Waals surface area contributed by atoms with Gasteiger partial charge in [0.2, 0.25) is 0 Å². The predicted molar refractivity (Wildman–Crippen MR) is 67.9 cm³/mol. The van der Waals surface area contributed by atoms with Gasteiger partial charge in [0.1, 0.15) is 12.4 Å². The van der Waals surface area contributed by atoms with Gasteiger partial charge in [-0.1, -0.05) is 17.7 Å². The fraction of sp³-hybridized carbons (Fsp3) is 0.154. The van der Waals surface area contributed by atoms with E-state index in [2.05, 4.69) is 4.98 Å². The average molecular weight is 249 g/mol. The molecule has 2 N–H and O–H groups in total. The summed E-state index contributed by atoms with van der Waals surface area (Å²) in [5.74, 6) is 0.746. The van der Waals surface area contributed by atoms with Gasteiger partial charge in [-0.25, -0.2) is 0 Å². The Morgan fingerprint density at radius 3 is 2.76 bits per heavy atom. The van der Waals surface area contributed by atoms with Crippen molar-refractivity contribution in [1.82, 2.24) is 4.98 Å². The van der Waals surface area contributed by atoms with Crippen molar-refractivity contribution in [1.29, 1.82) is 0 Å². The van der Waals surface area contributed by atoms with Crippen molar-refractivity contribution < 1.29 is 4.74 Å². The van der Waals surface area contributed by atoms with E-state index in [1.54, 1.807) is 18.5 Å². The summed E-state index contributed by atoms with van der Waals surface area (Å²) in [5.41, 5.74) is 7.54. The summed E-state index contributed by atoms with van der Waals surface area (Å²) in [6.07, 6.45) is 3.52. The molecule has 0 unspecified atom stereocenters. The van der Waals surface area contributed by atoms with E-state index in [1.165, 1.54) is 0 Å². The molecule has 2 aromatic rings. The molecule has 0 bridgehead atoms. The van der Waals surface area contributed by atoms with Gasteiger partial charge in [-0.15, -0.1) is 0 Å². The van der Waals surface area contributed by atoms with Crippen LogP contribution in [0, 0.1) is 0 Å². The second-order valence-corrected chi connectivity index (χ2v) is 4.09. The Balaban J connectivity index is 2.02. The van der Waals surface area contributed by atoms with E-state index in [0.29, 0.717) is 18.2 Å². The highest BCUT2D eigenvalue weighted by Gasteiger charge is 1.98. The number of nitrogens with zero attached hydrogens (tertiary/aromatic N) is 1. The summed E-state index contributed by atoms with van der Waals surface area (Å²) in [5, 5.41) is 0.663. The van der Waals surface area contributed by atoms with E-state index in [9.17, 15) is 0 Å². The highest BCUT2D eigenvalue weighted by molar-refractivity contribution is 6.30. The van der Waals surface area contributed by atoms with Crippen LogP contribution in [-0.4, -0.2) is 4.98 Å². The molecule has 0 spiro atoms. The predicted octanol–water partition coefficient (Wildman–Crippen LogP) is 2.77. The van der Waals surface area contributed by atoms with Gasteiger partial charge in [-0.3, -0.25) is 4.98 Å². The largest absolute Gasteiger partial charge is 0.489 e. The third kappa shape index (κ3) is 3.44. The fourth-order valence-corrected chi connectivity index (χ4v) is 1.64. The Hall–Kier alpha value is -1.58. The second-order valence-electron chi connectivity index (χ2n) is 3.65. The molecule has 17 heavy (non-hydrogen) atoms. The van der Waals surface area contributed by atoms with E-state index in [1.807, 2.05) is 24.3 Å². The lowest BCUT2D eigenvalue weighted by atomic mass is 10.2. The molecule has 1 aromatic heterocycles. The maximum absolute atomic E-state index is 5.87. The van der Waals surface area contributed by atoms with Crippen molar-refractivity contribution in [2.24, 2.45) is 5.73 Å². The van der Waals surface area contributed by atoms with E-state index in [4.69, 9.17) is 22.1 Å². The lowest BCUT2D eigenvalue weighted by Crippen LogP contribution is -2.01. The zero-order valence-corrected chi connectivity index (χ0v) is 10.0. The molecular weight excluding hydrogens is 236 g/mol. The highest BCUT2D eigenvalue weighted by Crippen LogP contribution is 2.18. The molecule has 1 heterocycles. The quantitative estimate of drug-likeness (QED) is 0.905. The Labute approximate surface area is 105 Å². The van der Waals surface area contributed by atoms with Gasteiger partial charge in [-0.2, -0.15) is 0 Å². The Morgan fingerprint density at radius 1 is 1.18 bits per heavy atom. The first-order valence-electron chi connectivity index (χ1n) is 5.29. The normalized spacial score (nSPS) is 10.2. The molecule has 0 fully saturated rings. The Kier molecular flexibility index (Phi) is 3.96. The minimum atomic E-state index is 0.460. The maximum atomic E-state index is 5.87. The van der Waals surface area contributed by atoms with Gasteiger partial charge in [0.05, 0.1) is 0 Å². The van der Waals surface area contributed by atoms with Crippen LogP contribution in [0.25, 0.3) is 0 Å². The van der Waals surface area contributed by atoms with Gasteiger partial charge in [0.15, 0.2) is 0 Å². The molecule has 1 aromatic carbocycles. The Morgan fingerprint density at radius 2 is 2.00 bits per heavy atom. The molecular formula is C13H13ClN2O. The van der Waals surface area contributed by atoms with Gasteiger partial charge >= 0.3 is 0 Å². The van der Waals surface area contributed by atoms with Crippen LogP contribution in [0.15, 0.2) is 42.7 Å². The monoisotopic (exact) mass is 248 g/mol. The van der Waals surface area contributed by atoms with Gasteiger partial charge in [-0.05, 0) is 29.8 Å². The van der Waals surface area contributed by atoms with Crippen LogP contribution in [0.1, 0.15) is 11.1 Å². The van der Waals surface area contributed by atoms with Crippen LogP contribution in [0.4, 0.5) is 0 Å². The minimum absolute atomic E-state index is 0.460. The number of benzene rings is 1. The van der Waals surface area contributed by atoms with Crippen molar-refractivity contribution in [3.8, 4) is 5.75 Å². The van der Waals surface area contributed by atoms with Crippen LogP contribution in [-0.2, 0) is 13.2 Å². The van der Waals surface area contributed by atoms with Gasteiger partial charge in [0.25, 0.3) is 0 Å². The SMILES string of the molecule is NCc1cncc(COc2cccc(Cl)c2)c1. The summed E-state index contributed by atoms with van der Waals surface area (Å²) >= 11 is 5.87. The number of aromatic nitrogens is 1. The highest BCUT2D eigenvalue weighted by atomic mass is 35.5. The summed E-state index contributed by atoms with van der Waals surface area (Å²) in [7, 11) is 0. The molecule has 0 radical (unpaired) electrons. The van der Waals surface area contributed by atoms with Gasteiger partial charge < -0.3 is 10.5 Å². The van der Waals surface area contributed by atoms with Crippen LogP contribution >= 0.6 is 11.6 Å². The van der Waals surface area contributed by atoms with E-state index in [-0.39, 0.29) is 0 Å². The van der Waals surface area contributed by atoms with Crippen molar-refractivity contribution in [3.63, 3.8) is 0 Å². The van der Waals surface area contributed by atoms with E-state index < -0.39 is 0 Å². The molecule has 0 amide bonds. The average Bonchev–Trinajstić information content (AvgIpc) is 2.37. The molecule has 0 aliphatic heterocycles. The second kappa shape index (κ2) is 5.66. The summed E-state index contributed by atoms with van der Waals surface area (Å²) in [6.45, 7) is 0.944. The number of hydrogen-bond donors (Lipinski definition) is 1. The number of nitrogens with two attached hydrogens (primary N) is 1. The molecule has 0 aliphatic rings. The summed E-state index contributed by atoms with van der Waals surface area (Å²) in [6, 6.07) is 9.29. The first-order valence-corrected chi connectivity index (χ1v) is 5.67. The van der Waals surface area contributed by atoms with Crippen LogP contribution in [0.2, 0.25) is 5.02 Å². The zero-order chi connectivity index (χ0) is 12.1. The lowest BCUT2D eigenvalue weighted by Gasteiger charge is -2.07. The molecule has 4 heteroatoms. The minimum Gasteiger partial charge on any atom is -0.489 e. The van der Waals surface area contributed by atoms with E-state index in [0.717, 1.165) is 16.9 Å². The number of hydrogen-bond acceptors (Lipinski definition) is 3. The first kappa shape index (κ1) is 11.9. The molecule has 0 saturated heterocycles. The number of ether oxygens (including phenoxy) is 1. The molecule has 88 valence electrons. The van der Waals surface area contributed by atoms with Crippen LogP contribution in [0.3, 0.4) is 0 Å².